The average molecular weight is 400 g/mol. The third kappa shape index (κ3) is 4.59. The molecule has 1 aromatic heterocycles. The molecular formula is C21H25N3O3S. The zero-order chi connectivity index (χ0) is 19.3. The Bertz CT molecular complexity index is 831. The molecule has 1 fully saturated rings. The fraction of sp³-hybridized carbons (Fsp3) is 0.476. The number of carbonyl (C=O) groups excluding carboxylic acids is 2. The van der Waals surface area contributed by atoms with Gasteiger partial charge in [0.2, 0.25) is 5.91 Å². The Morgan fingerprint density at radius 1 is 1.25 bits per heavy atom. The predicted octanol–water partition coefficient (Wildman–Crippen LogP) is 3.26. The van der Waals surface area contributed by atoms with E-state index in [-0.39, 0.29) is 17.9 Å². The molecule has 2 aliphatic rings. The number of rotatable bonds is 6. The minimum Gasteiger partial charge on any atom is -0.378 e. The third-order valence-electron chi connectivity index (χ3n) is 5.41. The number of aromatic nitrogens is 1. The van der Waals surface area contributed by atoms with Gasteiger partial charge in [0, 0.05) is 32.7 Å². The highest BCUT2D eigenvalue weighted by molar-refractivity contribution is 7.11. The van der Waals surface area contributed by atoms with Crippen molar-refractivity contribution < 1.29 is 14.3 Å². The first-order valence-electron chi connectivity index (χ1n) is 9.86. The van der Waals surface area contributed by atoms with Crippen LogP contribution >= 0.6 is 11.3 Å². The van der Waals surface area contributed by atoms with E-state index in [9.17, 15) is 9.59 Å². The number of thiazole rings is 1. The van der Waals surface area contributed by atoms with Crippen molar-refractivity contribution >= 4 is 23.2 Å². The first-order valence-corrected chi connectivity index (χ1v) is 10.7. The summed E-state index contributed by atoms with van der Waals surface area (Å²) in [5.74, 6) is 0.0927. The largest absolute Gasteiger partial charge is 0.378 e. The summed E-state index contributed by atoms with van der Waals surface area (Å²) in [5, 5.41) is 2.92. The first-order chi connectivity index (χ1) is 13.7. The molecule has 148 valence electrons. The van der Waals surface area contributed by atoms with Crippen LogP contribution in [0.3, 0.4) is 0 Å². The van der Waals surface area contributed by atoms with E-state index in [2.05, 4.69) is 22.4 Å². The fourth-order valence-electron chi connectivity index (χ4n) is 3.81. The van der Waals surface area contributed by atoms with Crippen LogP contribution in [0.15, 0.2) is 29.9 Å². The minimum absolute atomic E-state index is 0.107. The molecule has 0 aliphatic carbocycles. The lowest BCUT2D eigenvalue weighted by Gasteiger charge is -2.23. The number of ether oxygens (including phenoxy) is 1. The van der Waals surface area contributed by atoms with Crippen LogP contribution in [0.25, 0.3) is 0 Å². The van der Waals surface area contributed by atoms with E-state index < -0.39 is 0 Å². The van der Waals surface area contributed by atoms with E-state index in [1.807, 2.05) is 11.0 Å². The molecule has 1 N–H and O–H groups in total. The molecule has 7 heteroatoms. The van der Waals surface area contributed by atoms with Crippen LogP contribution in [0.2, 0.25) is 0 Å². The van der Waals surface area contributed by atoms with Crippen molar-refractivity contribution in [2.45, 2.75) is 57.8 Å². The van der Waals surface area contributed by atoms with Crippen molar-refractivity contribution in [1.82, 2.24) is 15.2 Å². The lowest BCUT2D eigenvalue weighted by atomic mass is 10.0. The molecule has 2 aromatic rings. The smallest absolute Gasteiger partial charge is 0.263 e. The van der Waals surface area contributed by atoms with Crippen LogP contribution in [0.4, 0.5) is 0 Å². The quantitative estimate of drug-likeness (QED) is 0.809. The van der Waals surface area contributed by atoms with Crippen molar-refractivity contribution in [2.24, 2.45) is 0 Å². The van der Waals surface area contributed by atoms with Crippen LogP contribution in [-0.4, -0.2) is 34.4 Å². The van der Waals surface area contributed by atoms with Crippen LogP contribution in [-0.2, 0) is 29.2 Å². The number of nitrogens with one attached hydrogen (secondary N) is 1. The maximum atomic E-state index is 12.6. The molecule has 28 heavy (non-hydrogen) atoms. The molecule has 0 radical (unpaired) electrons. The van der Waals surface area contributed by atoms with Crippen molar-refractivity contribution in [1.29, 1.82) is 0 Å². The van der Waals surface area contributed by atoms with Crippen LogP contribution in [0.1, 0.15) is 58.5 Å². The Kier molecular flexibility index (Phi) is 6.02. The highest BCUT2D eigenvalue weighted by Crippen LogP contribution is 2.26. The SMILES string of the molecule is O=C(NCc1ccc2c(c1)CN(C(=O)CCC1CCCCO1)C2)c1cncs1. The predicted molar refractivity (Wildman–Crippen MR) is 107 cm³/mol. The van der Waals surface area contributed by atoms with Gasteiger partial charge in [-0.3, -0.25) is 14.6 Å². The summed E-state index contributed by atoms with van der Waals surface area (Å²) in [4.78, 5) is 31.1. The maximum Gasteiger partial charge on any atom is 0.263 e. The Morgan fingerprint density at radius 2 is 2.14 bits per heavy atom. The third-order valence-corrected chi connectivity index (χ3v) is 6.18. The molecule has 2 amide bonds. The lowest BCUT2D eigenvalue weighted by Crippen LogP contribution is -2.27. The monoisotopic (exact) mass is 399 g/mol. The van der Waals surface area contributed by atoms with Gasteiger partial charge in [-0.2, -0.15) is 0 Å². The van der Waals surface area contributed by atoms with Gasteiger partial charge < -0.3 is 15.0 Å². The molecule has 3 heterocycles. The Balaban J connectivity index is 1.28. The van der Waals surface area contributed by atoms with E-state index in [0.29, 0.717) is 30.9 Å². The molecule has 6 nitrogen and oxygen atoms in total. The van der Waals surface area contributed by atoms with Gasteiger partial charge in [-0.05, 0) is 42.4 Å². The van der Waals surface area contributed by atoms with Crippen molar-refractivity contribution in [3.05, 3.63) is 51.5 Å². The highest BCUT2D eigenvalue weighted by Gasteiger charge is 2.24. The molecule has 4 rings (SSSR count). The number of benzene rings is 1. The number of amides is 2. The number of hydrogen-bond acceptors (Lipinski definition) is 5. The van der Waals surface area contributed by atoms with Gasteiger partial charge in [0.25, 0.3) is 5.91 Å². The molecule has 0 spiro atoms. The number of nitrogens with zero attached hydrogens (tertiary/aromatic N) is 2. The van der Waals surface area contributed by atoms with E-state index in [0.717, 1.165) is 31.4 Å². The van der Waals surface area contributed by atoms with Gasteiger partial charge in [0.15, 0.2) is 0 Å². The molecule has 2 aliphatic heterocycles. The standard InChI is InChI=1S/C21H25N3O3S/c25-20(7-6-18-3-1-2-8-27-18)24-12-16-5-4-15(9-17(16)13-24)10-23-21(26)19-11-22-14-28-19/h4-5,9,11,14,18H,1-3,6-8,10,12-13H2,(H,23,26). The summed E-state index contributed by atoms with van der Waals surface area (Å²) >= 11 is 1.33. The number of hydrogen-bond donors (Lipinski definition) is 1. The van der Waals surface area contributed by atoms with E-state index >= 15 is 0 Å². The molecule has 1 aromatic carbocycles. The Labute approximate surface area is 168 Å². The van der Waals surface area contributed by atoms with E-state index in [1.54, 1.807) is 11.7 Å². The van der Waals surface area contributed by atoms with E-state index in [1.165, 1.54) is 28.9 Å². The molecule has 0 saturated carbocycles. The zero-order valence-electron chi connectivity index (χ0n) is 15.9. The van der Waals surface area contributed by atoms with Gasteiger partial charge in [-0.15, -0.1) is 11.3 Å². The number of fused-ring (bicyclic) bond motifs is 1. The van der Waals surface area contributed by atoms with Crippen LogP contribution < -0.4 is 5.32 Å². The summed E-state index contributed by atoms with van der Waals surface area (Å²) in [7, 11) is 0. The Morgan fingerprint density at radius 3 is 2.93 bits per heavy atom. The number of carbonyl (C=O) groups is 2. The van der Waals surface area contributed by atoms with Crippen LogP contribution in [0.5, 0.6) is 0 Å². The molecule has 1 unspecified atom stereocenters. The van der Waals surface area contributed by atoms with Gasteiger partial charge in [-0.1, -0.05) is 18.2 Å². The Hall–Kier alpha value is -2.25. The summed E-state index contributed by atoms with van der Waals surface area (Å²) < 4.78 is 5.73. The van der Waals surface area contributed by atoms with Crippen LogP contribution in [0, 0.1) is 0 Å². The summed E-state index contributed by atoms with van der Waals surface area (Å²) in [5.41, 5.74) is 5.06. The average Bonchev–Trinajstić information content (AvgIpc) is 3.40. The van der Waals surface area contributed by atoms with Gasteiger partial charge >= 0.3 is 0 Å². The topological polar surface area (TPSA) is 71.5 Å². The summed E-state index contributed by atoms with van der Waals surface area (Å²) in [6, 6.07) is 6.19. The van der Waals surface area contributed by atoms with E-state index in [4.69, 9.17) is 4.74 Å². The fourth-order valence-corrected chi connectivity index (χ4v) is 4.35. The van der Waals surface area contributed by atoms with Gasteiger partial charge in [0.05, 0.1) is 17.8 Å². The second-order valence-corrected chi connectivity index (χ2v) is 8.31. The van der Waals surface area contributed by atoms with Crippen molar-refractivity contribution in [3.63, 3.8) is 0 Å². The van der Waals surface area contributed by atoms with Crippen molar-refractivity contribution in [3.8, 4) is 0 Å². The molecule has 1 saturated heterocycles. The van der Waals surface area contributed by atoms with Crippen molar-refractivity contribution in [2.75, 3.05) is 6.61 Å². The molecular weight excluding hydrogens is 374 g/mol. The molecule has 1 atom stereocenters. The maximum absolute atomic E-state index is 12.6. The lowest BCUT2D eigenvalue weighted by molar-refractivity contribution is -0.132. The highest BCUT2D eigenvalue weighted by atomic mass is 32.1. The molecule has 0 bridgehead atoms. The minimum atomic E-state index is -0.107. The second kappa shape index (κ2) is 8.84. The summed E-state index contributed by atoms with van der Waals surface area (Å²) in [6.45, 7) is 2.62. The normalized spacial score (nSPS) is 18.7. The van der Waals surface area contributed by atoms with Gasteiger partial charge in [-0.25, -0.2) is 0 Å². The first kappa shape index (κ1) is 19.1. The second-order valence-electron chi connectivity index (χ2n) is 7.43. The zero-order valence-corrected chi connectivity index (χ0v) is 16.7. The van der Waals surface area contributed by atoms with Gasteiger partial charge in [0.1, 0.15) is 4.88 Å². The summed E-state index contributed by atoms with van der Waals surface area (Å²) in [6.07, 6.45) is 6.61.